The van der Waals surface area contributed by atoms with Crippen molar-refractivity contribution >= 4 is 29.2 Å². The monoisotopic (exact) mass is 396 g/mol. The van der Waals surface area contributed by atoms with E-state index >= 15 is 0 Å². The van der Waals surface area contributed by atoms with Crippen LogP contribution in [0.3, 0.4) is 0 Å². The second-order valence-corrected chi connectivity index (χ2v) is 7.48. The summed E-state index contributed by atoms with van der Waals surface area (Å²) in [7, 11) is 2.15. The minimum Gasteiger partial charge on any atom is -0.483 e. The first kappa shape index (κ1) is 19.1. The molecule has 3 aromatic rings. The molecule has 29 heavy (non-hydrogen) atoms. The molecule has 0 saturated carbocycles. The molecule has 2 aliphatic rings. The molecule has 9 nitrogen and oxygen atoms in total. The molecule has 0 spiro atoms. The maximum absolute atomic E-state index is 12.5. The fourth-order valence-electron chi connectivity index (χ4n) is 4.30. The maximum atomic E-state index is 12.5. The van der Waals surface area contributed by atoms with Crippen molar-refractivity contribution < 1.29 is 14.7 Å². The molecule has 152 valence electrons. The topological polar surface area (TPSA) is 116 Å². The van der Waals surface area contributed by atoms with E-state index in [1.54, 1.807) is 6.20 Å². The second kappa shape index (κ2) is 8.04. The molecule has 0 aromatic carbocycles. The van der Waals surface area contributed by atoms with Crippen LogP contribution in [0.4, 0.5) is 5.82 Å². The number of likely N-dealkylation sites (tertiary alicyclic amines) is 1. The Morgan fingerprint density at radius 1 is 1.28 bits per heavy atom. The Morgan fingerprint density at radius 3 is 2.79 bits per heavy atom. The number of carbonyl (C=O) groups excluding carboxylic acids is 1. The zero-order valence-electron chi connectivity index (χ0n) is 16.2. The van der Waals surface area contributed by atoms with Crippen molar-refractivity contribution in [2.45, 2.75) is 31.2 Å². The first-order chi connectivity index (χ1) is 14.1. The van der Waals surface area contributed by atoms with Gasteiger partial charge in [-0.2, -0.15) is 5.10 Å². The van der Waals surface area contributed by atoms with Crippen molar-refractivity contribution in [1.82, 2.24) is 24.6 Å². The van der Waals surface area contributed by atoms with E-state index in [9.17, 15) is 4.79 Å². The van der Waals surface area contributed by atoms with Crippen LogP contribution in [-0.4, -0.2) is 62.3 Å². The van der Waals surface area contributed by atoms with Crippen molar-refractivity contribution in [2.24, 2.45) is 0 Å². The van der Waals surface area contributed by atoms with Gasteiger partial charge in [0.1, 0.15) is 11.5 Å². The normalized spacial score (nSPS) is 19.9. The molecule has 1 saturated heterocycles. The number of anilines is 1. The van der Waals surface area contributed by atoms with Crippen LogP contribution in [0.25, 0.3) is 11.0 Å². The van der Waals surface area contributed by atoms with Crippen molar-refractivity contribution in [3.63, 3.8) is 0 Å². The standard InChI is InChI=1S/C19H22N6O.CH2O2/c1-24-7-4-12(5-8-24)25-19-16(11-22-25)14(9-17(26)23-19)15-10-21-18-13(15)3-2-6-20-18;2-1-3/h2-3,6,10-12,14H,4-5,7-9H2,1H3,(H,20,21)(H,23,26);1H,(H,2,3). The quantitative estimate of drug-likeness (QED) is 0.572. The molecule has 2 aliphatic heterocycles. The third-order valence-corrected chi connectivity index (χ3v) is 5.74. The van der Waals surface area contributed by atoms with E-state index in [0.29, 0.717) is 12.5 Å². The Morgan fingerprint density at radius 2 is 2.03 bits per heavy atom. The van der Waals surface area contributed by atoms with Crippen molar-refractivity contribution in [3.05, 3.63) is 41.9 Å². The van der Waals surface area contributed by atoms with Gasteiger partial charge in [-0.15, -0.1) is 0 Å². The van der Waals surface area contributed by atoms with Crippen LogP contribution >= 0.6 is 0 Å². The number of fused-ring (bicyclic) bond motifs is 2. The highest BCUT2D eigenvalue weighted by Crippen LogP contribution is 2.41. The first-order valence-corrected chi connectivity index (χ1v) is 9.68. The average Bonchev–Trinajstić information content (AvgIpc) is 3.33. The highest BCUT2D eigenvalue weighted by atomic mass is 16.3. The lowest BCUT2D eigenvalue weighted by Crippen LogP contribution is -2.33. The lowest BCUT2D eigenvalue weighted by molar-refractivity contribution is -0.123. The Bertz CT molecular complexity index is 1020. The molecule has 5 heterocycles. The van der Waals surface area contributed by atoms with E-state index in [4.69, 9.17) is 9.90 Å². The predicted octanol–water partition coefficient (Wildman–Crippen LogP) is 2.20. The number of nitrogens with zero attached hydrogens (tertiary/aromatic N) is 4. The predicted molar refractivity (Wildman–Crippen MR) is 108 cm³/mol. The molecule has 9 heteroatoms. The van der Waals surface area contributed by atoms with Crippen LogP contribution < -0.4 is 5.32 Å². The van der Waals surface area contributed by atoms with Crippen LogP contribution in [0.15, 0.2) is 30.7 Å². The van der Waals surface area contributed by atoms with Gasteiger partial charge in [-0.1, -0.05) is 0 Å². The summed E-state index contributed by atoms with van der Waals surface area (Å²) in [5.41, 5.74) is 3.08. The molecule has 5 rings (SSSR count). The van der Waals surface area contributed by atoms with Crippen molar-refractivity contribution in [2.75, 3.05) is 25.5 Å². The third-order valence-electron chi connectivity index (χ3n) is 5.74. The van der Waals surface area contributed by atoms with Gasteiger partial charge in [-0.25, -0.2) is 9.67 Å². The summed E-state index contributed by atoms with van der Waals surface area (Å²) in [6.45, 7) is 1.87. The average molecular weight is 396 g/mol. The van der Waals surface area contributed by atoms with Crippen LogP contribution in [0.2, 0.25) is 0 Å². The van der Waals surface area contributed by atoms with Crippen LogP contribution in [0.5, 0.6) is 0 Å². The maximum Gasteiger partial charge on any atom is 0.290 e. The fraction of sp³-hybridized carbons (Fsp3) is 0.400. The third kappa shape index (κ3) is 3.61. The van der Waals surface area contributed by atoms with E-state index in [0.717, 1.165) is 53.9 Å². The molecule has 1 atom stereocenters. The molecule has 3 N–H and O–H groups in total. The largest absolute Gasteiger partial charge is 0.483 e. The van der Waals surface area contributed by atoms with Gasteiger partial charge in [0.2, 0.25) is 5.91 Å². The molecule has 0 aliphatic carbocycles. The molecule has 0 radical (unpaired) electrons. The number of amides is 1. The van der Waals surface area contributed by atoms with Gasteiger partial charge in [-0.3, -0.25) is 9.59 Å². The second-order valence-electron chi connectivity index (χ2n) is 7.48. The highest BCUT2D eigenvalue weighted by molar-refractivity contribution is 5.95. The lowest BCUT2D eigenvalue weighted by atomic mass is 9.87. The molecule has 1 unspecified atom stereocenters. The summed E-state index contributed by atoms with van der Waals surface area (Å²) in [6.07, 6.45) is 8.25. The fourth-order valence-corrected chi connectivity index (χ4v) is 4.30. The summed E-state index contributed by atoms with van der Waals surface area (Å²) in [6, 6.07) is 4.34. The number of nitrogens with one attached hydrogen (secondary N) is 2. The van der Waals surface area contributed by atoms with Gasteiger partial charge in [0.05, 0.1) is 12.2 Å². The molecule has 1 amide bonds. The van der Waals surface area contributed by atoms with Gasteiger partial charge in [0.15, 0.2) is 0 Å². The number of H-pyrrole nitrogens is 1. The lowest BCUT2D eigenvalue weighted by Gasteiger charge is -2.31. The molecular weight excluding hydrogens is 372 g/mol. The number of piperidine rings is 1. The highest BCUT2D eigenvalue weighted by Gasteiger charge is 2.33. The van der Waals surface area contributed by atoms with Crippen molar-refractivity contribution in [3.8, 4) is 0 Å². The Labute approximate surface area is 167 Å². The molecular formula is C20H24N6O3. The zero-order chi connectivity index (χ0) is 20.4. The van der Waals surface area contributed by atoms with E-state index in [1.165, 1.54) is 0 Å². The van der Waals surface area contributed by atoms with Gasteiger partial charge < -0.3 is 20.3 Å². The summed E-state index contributed by atoms with van der Waals surface area (Å²) in [4.78, 5) is 30.8. The van der Waals surface area contributed by atoms with Gasteiger partial charge in [-0.05, 0) is 50.7 Å². The molecule has 1 fully saturated rings. The van der Waals surface area contributed by atoms with Crippen LogP contribution in [0, 0.1) is 0 Å². The number of pyridine rings is 1. The number of carbonyl (C=O) groups is 2. The van der Waals surface area contributed by atoms with Gasteiger partial charge in [0, 0.05) is 35.7 Å². The Hall–Kier alpha value is -3.20. The van der Waals surface area contributed by atoms with Crippen molar-refractivity contribution in [1.29, 1.82) is 0 Å². The van der Waals surface area contributed by atoms with Gasteiger partial charge in [0.25, 0.3) is 6.47 Å². The summed E-state index contributed by atoms with van der Waals surface area (Å²) < 4.78 is 2.04. The Balaban J connectivity index is 0.000000645. The smallest absolute Gasteiger partial charge is 0.290 e. The van der Waals surface area contributed by atoms with Gasteiger partial charge >= 0.3 is 0 Å². The SMILES string of the molecule is CN1CCC(n2ncc3c2NC(=O)CC3c2c[nH]c3ncccc23)CC1.O=CO. The zero-order valence-corrected chi connectivity index (χ0v) is 16.2. The minimum absolute atomic E-state index is 0.0108. The van der Waals surface area contributed by atoms with E-state index in [2.05, 4.69) is 38.4 Å². The number of aromatic amines is 1. The summed E-state index contributed by atoms with van der Waals surface area (Å²) in [5.74, 6) is 0.936. The van der Waals surface area contributed by atoms with E-state index < -0.39 is 0 Å². The number of hydrogen-bond acceptors (Lipinski definition) is 5. The van der Waals surface area contributed by atoms with E-state index in [-0.39, 0.29) is 18.3 Å². The number of aromatic nitrogens is 4. The van der Waals surface area contributed by atoms with Crippen LogP contribution in [-0.2, 0) is 9.59 Å². The Kier molecular flexibility index (Phi) is 5.30. The minimum atomic E-state index is -0.250. The summed E-state index contributed by atoms with van der Waals surface area (Å²) >= 11 is 0. The first-order valence-electron chi connectivity index (χ1n) is 9.68. The number of rotatable bonds is 2. The van der Waals surface area contributed by atoms with E-state index in [1.807, 2.05) is 23.1 Å². The van der Waals surface area contributed by atoms with Crippen LogP contribution in [0.1, 0.15) is 42.3 Å². The number of carboxylic acid groups (broad SMARTS) is 1. The number of hydrogen-bond donors (Lipinski definition) is 3. The molecule has 3 aromatic heterocycles. The summed E-state index contributed by atoms with van der Waals surface area (Å²) in [5, 5.41) is 15.7. The molecule has 0 bridgehead atoms.